The maximum atomic E-state index is 13.0. The fourth-order valence-electron chi connectivity index (χ4n) is 3.56. The highest BCUT2D eigenvalue weighted by Crippen LogP contribution is 2.56. The second kappa shape index (κ2) is 7.12. The summed E-state index contributed by atoms with van der Waals surface area (Å²) in [4.78, 5) is 50.4. The number of amides is 3. The summed E-state index contributed by atoms with van der Waals surface area (Å²) in [6.45, 7) is 6.52. The molecule has 0 saturated carbocycles. The van der Waals surface area contributed by atoms with E-state index in [2.05, 4.69) is 10.6 Å². The number of hydrogen-bond donors (Lipinski definition) is 2. The minimum absolute atomic E-state index is 0.207. The van der Waals surface area contributed by atoms with Crippen LogP contribution in [0.5, 0.6) is 0 Å². The molecule has 3 rings (SSSR count). The topological polar surface area (TPSA) is 119 Å². The first-order valence-electron chi connectivity index (χ1n) is 8.95. The summed E-state index contributed by atoms with van der Waals surface area (Å²) in [6.07, 6.45) is 0. The lowest BCUT2D eigenvalue weighted by atomic mass is 10.0. The van der Waals surface area contributed by atoms with Crippen molar-refractivity contribution >= 4 is 35.5 Å². The van der Waals surface area contributed by atoms with Gasteiger partial charge in [-0.15, -0.1) is 11.8 Å². The van der Waals surface area contributed by atoms with Crippen LogP contribution < -0.4 is 15.7 Å². The van der Waals surface area contributed by atoms with Gasteiger partial charge in [0, 0.05) is 10.3 Å². The molecule has 1 saturated heterocycles. The molecule has 150 valence electrons. The number of nitrogens with zero attached hydrogens (tertiary/aromatic N) is 1. The third-order valence-electron chi connectivity index (χ3n) is 5.01. The van der Waals surface area contributed by atoms with Gasteiger partial charge in [0.05, 0.1) is 12.0 Å². The number of benzene rings is 1. The molecule has 0 aliphatic carbocycles. The first kappa shape index (κ1) is 20.2. The van der Waals surface area contributed by atoms with Gasteiger partial charge < -0.3 is 25.4 Å². The van der Waals surface area contributed by atoms with Crippen LogP contribution >= 0.6 is 11.8 Å². The van der Waals surface area contributed by atoms with Crippen molar-refractivity contribution in [3.8, 4) is 0 Å². The number of thioether (sulfide) groups is 1. The second-order valence-corrected chi connectivity index (χ2v) is 9.29. The Labute approximate surface area is 167 Å². The molecule has 8 nitrogen and oxygen atoms in total. The van der Waals surface area contributed by atoms with Crippen molar-refractivity contribution in [3.05, 3.63) is 35.4 Å². The average molecular weight is 404 g/mol. The number of fused-ring (bicyclic) bond motifs is 3. The smallest absolute Gasteiger partial charge is 0.256 e. The molecule has 0 radical (unpaired) electrons. The Bertz CT molecular complexity index is 856. The van der Waals surface area contributed by atoms with Gasteiger partial charge in [-0.1, -0.05) is 18.2 Å². The summed E-state index contributed by atoms with van der Waals surface area (Å²) < 4.78 is -0.563. The zero-order valence-electron chi connectivity index (χ0n) is 16.0. The van der Waals surface area contributed by atoms with Crippen molar-refractivity contribution in [2.24, 2.45) is 0 Å². The molecule has 28 heavy (non-hydrogen) atoms. The number of nitrogens with one attached hydrogen (secondary N) is 2. The average Bonchev–Trinajstić information content (AvgIpc) is 3.04. The highest BCUT2D eigenvalue weighted by Gasteiger charge is 2.57. The lowest BCUT2D eigenvalue weighted by Gasteiger charge is -2.30. The molecule has 9 heteroatoms. The third kappa shape index (κ3) is 3.34. The zero-order valence-corrected chi connectivity index (χ0v) is 16.8. The Morgan fingerprint density at radius 1 is 1.14 bits per heavy atom. The summed E-state index contributed by atoms with van der Waals surface area (Å²) >= 11 is 1.53. The van der Waals surface area contributed by atoms with Gasteiger partial charge in [0.15, 0.2) is 0 Å². The predicted molar refractivity (Wildman–Crippen MR) is 101 cm³/mol. The molecule has 0 aromatic heterocycles. The SMILES string of the molecule is C[C@H](NC(=O)[C@H]1N2C(=O)c3ccccc3[C@@H]2SC1(C)C)C(=O)N[C@H](C)C(=O)[O-]. The molecule has 2 aliphatic heterocycles. The standard InChI is InChI=1S/C19H23N3O5S/c1-9(14(23)21-10(2)18(26)27)20-15(24)13-19(3,4)28-17-12-8-6-5-7-11(12)16(25)22(13)17/h5-10,13,17H,1-4H3,(H,20,24)(H,21,23)(H,26,27)/p-1/t9-,10+,13+,17-/m0/s1. The highest BCUT2D eigenvalue weighted by molar-refractivity contribution is 8.01. The van der Waals surface area contributed by atoms with Crippen molar-refractivity contribution in [3.63, 3.8) is 0 Å². The van der Waals surface area contributed by atoms with Crippen molar-refractivity contribution in [2.75, 3.05) is 0 Å². The number of carbonyl (C=O) groups is 4. The van der Waals surface area contributed by atoms with E-state index >= 15 is 0 Å². The van der Waals surface area contributed by atoms with Gasteiger partial charge in [-0.05, 0) is 39.3 Å². The molecule has 4 atom stereocenters. The summed E-state index contributed by atoms with van der Waals surface area (Å²) in [5, 5.41) is 15.4. The van der Waals surface area contributed by atoms with E-state index in [9.17, 15) is 24.3 Å². The molecular formula is C19H22N3O5S-. The van der Waals surface area contributed by atoms with Gasteiger partial charge in [-0.3, -0.25) is 14.4 Å². The molecule has 2 N–H and O–H groups in total. The summed E-state index contributed by atoms with van der Waals surface area (Å²) in [5.41, 5.74) is 1.47. The van der Waals surface area contributed by atoms with E-state index in [1.807, 2.05) is 26.0 Å². The number of carboxylic acid groups (broad SMARTS) is 1. The largest absolute Gasteiger partial charge is 0.548 e. The third-order valence-corrected chi connectivity index (χ3v) is 6.54. The van der Waals surface area contributed by atoms with Gasteiger partial charge >= 0.3 is 0 Å². The van der Waals surface area contributed by atoms with Crippen LogP contribution in [-0.4, -0.2) is 51.5 Å². The van der Waals surface area contributed by atoms with Crippen molar-refractivity contribution in [1.29, 1.82) is 0 Å². The van der Waals surface area contributed by atoms with Crippen LogP contribution in [0.25, 0.3) is 0 Å². The number of carbonyl (C=O) groups excluding carboxylic acids is 4. The molecular weight excluding hydrogens is 382 g/mol. The number of aliphatic carboxylic acids is 1. The van der Waals surface area contributed by atoms with Crippen molar-refractivity contribution in [2.45, 2.75) is 55.9 Å². The minimum atomic E-state index is -1.41. The van der Waals surface area contributed by atoms with Crippen LogP contribution in [0.4, 0.5) is 0 Å². The number of carboxylic acids is 1. The molecule has 1 aromatic carbocycles. The van der Waals surface area contributed by atoms with E-state index in [1.54, 1.807) is 17.0 Å². The lowest BCUT2D eigenvalue weighted by molar-refractivity contribution is -0.307. The Hall–Kier alpha value is -2.55. The zero-order chi connectivity index (χ0) is 20.8. The lowest BCUT2D eigenvalue weighted by Crippen LogP contribution is -2.57. The van der Waals surface area contributed by atoms with Crippen molar-refractivity contribution < 1.29 is 24.3 Å². The van der Waals surface area contributed by atoms with Crippen LogP contribution in [0, 0.1) is 0 Å². The van der Waals surface area contributed by atoms with E-state index in [-0.39, 0.29) is 11.3 Å². The maximum absolute atomic E-state index is 13.0. The van der Waals surface area contributed by atoms with Crippen LogP contribution in [0.3, 0.4) is 0 Å². The Morgan fingerprint density at radius 3 is 2.43 bits per heavy atom. The normalized spacial score (nSPS) is 24.1. The Kier molecular flexibility index (Phi) is 5.14. The molecule has 0 unspecified atom stereocenters. The summed E-state index contributed by atoms with van der Waals surface area (Å²) in [5.74, 6) is -2.71. The molecule has 0 bridgehead atoms. The molecule has 1 aromatic rings. The fraction of sp³-hybridized carbons (Fsp3) is 0.474. The van der Waals surface area contributed by atoms with E-state index in [0.29, 0.717) is 5.56 Å². The van der Waals surface area contributed by atoms with E-state index in [1.165, 1.54) is 25.6 Å². The first-order valence-corrected chi connectivity index (χ1v) is 9.83. The van der Waals surface area contributed by atoms with E-state index in [0.717, 1.165) is 5.56 Å². The van der Waals surface area contributed by atoms with Crippen LogP contribution in [0.2, 0.25) is 0 Å². The summed E-state index contributed by atoms with van der Waals surface area (Å²) in [6, 6.07) is 4.37. The molecule has 1 fully saturated rings. The predicted octanol–water partition coefficient (Wildman–Crippen LogP) is -0.206. The van der Waals surface area contributed by atoms with Gasteiger partial charge in [-0.2, -0.15) is 0 Å². The van der Waals surface area contributed by atoms with Gasteiger partial charge in [-0.25, -0.2) is 0 Å². The van der Waals surface area contributed by atoms with Crippen LogP contribution in [0.15, 0.2) is 24.3 Å². The minimum Gasteiger partial charge on any atom is -0.548 e. The maximum Gasteiger partial charge on any atom is 0.256 e. The van der Waals surface area contributed by atoms with Gasteiger partial charge in [0.1, 0.15) is 17.5 Å². The molecule has 2 aliphatic rings. The monoisotopic (exact) mass is 404 g/mol. The van der Waals surface area contributed by atoms with E-state index in [4.69, 9.17) is 0 Å². The van der Waals surface area contributed by atoms with E-state index < -0.39 is 40.7 Å². The quantitative estimate of drug-likeness (QED) is 0.701. The van der Waals surface area contributed by atoms with Crippen molar-refractivity contribution in [1.82, 2.24) is 15.5 Å². The number of hydrogen-bond acceptors (Lipinski definition) is 6. The highest BCUT2D eigenvalue weighted by atomic mass is 32.2. The van der Waals surface area contributed by atoms with Gasteiger partial charge in [0.2, 0.25) is 11.8 Å². The Morgan fingerprint density at radius 2 is 1.79 bits per heavy atom. The second-order valence-electron chi connectivity index (χ2n) is 7.56. The number of rotatable bonds is 5. The van der Waals surface area contributed by atoms with Gasteiger partial charge in [0.25, 0.3) is 5.91 Å². The first-order chi connectivity index (χ1) is 13.0. The molecule has 3 amide bonds. The van der Waals surface area contributed by atoms with Crippen LogP contribution in [-0.2, 0) is 14.4 Å². The summed E-state index contributed by atoms with van der Waals surface area (Å²) in [7, 11) is 0. The van der Waals surface area contributed by atoms with Crippen LogP contribution in [0.1, 0.15) is 49.0 Å². The molecule has 0 spiro atoms. The molecule has 2 heterocycles. The fourth-order valence-corrected chi connectivity index (χ4v) is 5.15. The Balaban J connectivity index is 1.77.